The van der Waals surface area contributed by atoms with Crippen molar-refractivity contribution in [2.45, 2.75) is 32.2 Å². The van der Waals surface area contributed by atoms with Crippen molar-refractivity contribution in [3.8, 4) is 5.75 Å². The molecule has 2 nitrogen and oxygen atoms in total. The van der Waals surface area contributed by atoms with Gasteiger partial charge in [0.05, 0.1) is 6.61 Å². The summed E-state index contributed by atoms with van der Waals surface area (Å²) in [6.45, 7) is 2.73. The molecule has 0 aliphatic heterocycles. The first-order valence-corrected chi connectivity index (χ1v) is 5.76. The van der Waals surface area contributed by atoms with Gasteiger partial charge < -0.3 is 10.5 Å². The van der Waals surface area contributed by atoms with Gasteiger partial charge in [0.1, 0.15) is 5.75 Å². The van der Waals surface area contributed by atoms with Gasteiger partial charge >= 0.3 is 0 Å². The number of ether oxygens (including phenoxy) is 1. The van der Waals surface area contributed by atoms with Gasteiger partial charge in [-0.1, -0.05) is 6.07 Å². The molecule has 3 rings (SSSR count). The lowest BCUT2D eigenvalue weighted by Gasteiger charge is -2.13. The highest BCUT2D eigenvalue weighted by Gasteiger charge is 2.52. The van der Waals surface area contributed by atoms with E-state index in [-0.39, 0.29) is 6.04 Å². The molecule has 2 heteroatoms. The maximum atomic E-state index is 6.30. The van der Waals surface area contributed by atoms with E-state index in [2.05, 4.69) is 18.2 Å². The van der Waals surface area contributed by atoms with E-state index in [1.54, 1.807) is 0 Å². The Balaban J connectivity index is 1.96. The van der Waals surface area contributed by atoms with E-state index in [4.69, 9.17) is 10.5 Å². The van der Waals surface area contributed by atoms with Crippen LogP contribution in [0, 0.1) is 5.41 Å². The van der Waals surface area contributed by atoms with Crippen LogP contribution in [0.4, 0.5) is 0 Å². The molecule has 1 fully saturated rings. The molecule has 1 spiro atoms. The van der Waals surface area contributed by atoms with E-state index < -0.39 is 0 Å². The summed E-state index contributed by atoms with van der Waals surface area (Å²) >= 11 is 0. The minimum Gasteiger partial charge on any atom is -0.494 e. The molecule has 1 atom stereocenters. The summed E-state index contributed by atoms with van der Waals surface area (Å²) in [5.74, 6) is 0.962. The lowest BCUT2D eigenvalue weighted by Crippen LogP contribution is -2.17. The molecule has 2 aliphatic rings. The number of benzene rings is 1. The number of rotatable bonds is 2. The minimum absolute atomic E-state index is 0.243. The van der Waals surface area contributed by atoms with Gasteiger partial charge in [-0.25, -0.2) is 0 Å². The lowest BCUT2D eigenvalue weighted by molar-refractivity contribution is 0.339. The third-order valence-electron chi connectivity index (χ3n) is 3.86. The van der Waals surface area contributed by atoms with Crippen molar-refractivity contribution in [1.82, 2.24) is 0 Å². The van der Waals surface area contributed by atoms with Gasteiger partial charge in [-0.15, -0.1) is 0 Å². The van der Waals surface area contributed by atoms with Gasteiger partial charge in [-0.2, -0.15) is 0 Å². The van der Waals surface area contributed by atoms with Crippen LogP contribution in [0.2, 0.25) is 0 Å². The van der Waals surface area contributed by atoms with Gasteiger partial charge in [-0.05, 0) is 54.9 Å². The fraction of sp³-hybridized carbons (Fsp3) is 0.538. The van der Waals surface area contributed by atoms with Crippen LogP contribution in [-0.4, -0.2) is 6.61 Å². The number of fused-ring (bicyclic) bond motifs is 1. The van der Waals surface area contributed by atoms with Crippen molar-refractivity contribution < 1.29 is 4.74 Å². The Morgan fingerprint density at radius 3 is 2.93 bits per heavy atom. The molecule has 2 aliphatic carbocycles. The van der Waals surface area contributed by atoms with Crippen LogP contribution in [0.25, 0.3) is 0 Å². The monoisotopic (exact) mass is 203 g/mol. The molecule has 0 aromatic heterocycles. The van der Waals surface area contributed by atoms with Crippen LogP contribution < -0.4 is 10.5 Å². The second-order valence-corrected chi connectivity index (χ2v) is 4.81. The molecule has 1 saturated carbocycles. The summed E-state index contributed by atoms with van der Waals surface area (Å²) in [4.78, 5) is 0. The second-order valence-electron chi connectivity index (χ2n) is 4.81. The van der Waals surface area contributed by atoms with Crippen LogP contribution in [0.1, 0.15) is 36.9 Å². The molecule has 15 heavy (non-hydrogen) atoms. The molecule has 2 N–H and O–H groups in total. The first kappa shape index (κ1) is 9.22. The topological polar surface area (TPSA) is 35.2 Å². The van der Waals surface area contributed by atoms with Crippen molar-refractivity contribution >= 4 is 0 Å². The fourth-order valence-electron chi connectivity index (χ4n) is 2.75. The molecule has 0 bridgehead atoms. The summed E-state index contributed by atoms with van der Waals surface area (Å²) < 4.78 is 5.51. The molecule has 0 radical (unpaired) electrons. The van der Waals surface area contributed by atoms with Crippen LogP contribution in [0.3, 0.4) is 0 Å². The van der Waals surface area contributed by atoms with Crippen molar-refractivity contribution in [2.24, 2.45) is 11.1 Å². The SMILES string of the molecule is CCOc1ccc2c(c1)C(N)C1(CC1)C2. The van der Waals surface area contributed by atoms with E-state index in [0.29, 0.717) is 5.41 Å². The van der Waals surface area contributed by atoms with Crippen molar-refractivity contribution in [3.05, 3.63) is 29.3 Å². The molecule has 0 saturated heterocycles. The molecular formula is C13H17NO. The van der Waals surface area contributed by atoms with Gasteiger partial charge in [0, 0.05) is 6.04 Å². The lowest BCUT2D eigenvalue weighted by atomic mass is 9.99. The Bertz CT molecular complexity index is 396. The smallest absolute Gasteiger partial charge is 0.119 e. The van der Waals surface area contributed by atoms with E-state index in [9.17, 15) is 0 Å². The zero-order valence-electron chi connectivity index (χ0n) is 9.12. The molecular weight excluding hydrogens is 186 g/mol. The first-order chi connectivity index (χ1) is 7.25. The molecule has 1 unspecified atom stereocenters. The van der Waals surface area contributed by atoms with E-state index in [1.165, 1.54) is 30.4 Å². The maximum absolute atomic E-state index is 6.30. The van der Waals surface area contributed by atoms with Crippen LogP contribution in [0.5, 0.6) is 5.75 Å². The largest absolute Gasteiger partial charge is 0.494 e. The Morgan fingerprint density at radius 2 is 2.27 bits per heavy atom. The third-order valence-corrected chi connectivity index (χ3v) is 3.86. The third kappa shape index (κ3) is 1.28. The van der Waals surface area contributed by atoms with Crippen molar-refractivity contribution in [3.63, 3.8) is 0 Å². The summed E-state index contributed by atoms with van der Waals surface area (Å²) in [7, 11) is 0. The van der Waals surface area contributed by atoms with Crippen LogP contribution in [0.15, 0.2) is 18.2 Å². The van der Waals surface area contributed by atoms with E-state index in [0.717, 1.165) is 12.4 Å². The number of hydrogen-bond acceptors (Lipinski definition) is 2. The number of nitrogens with two attached hydrogens (primary N) is 1. The summed E-state index contributed by atoms with van der Waals surface area (Å²) in [5.41, 5.74) is 9.47. The molecule has 0 heterocycles. The molecule has 1 aromatic carbocycles. The quantitative estimate of drug-likeness (QED) is 0.801. The van der Waals surface area contributed by atoms with Crippen LogP contribution in [-0.2, 0) is 6.42 Å². The fourth-order valence-corrected chi connectivity index (χ4v) is 2.75. The van der Waals surface area contributed by atoms with Gasteiger partial charge in [-0.3, -0.25) is 0 Å². The summed E-state index contributed by atoms with van der Waals surface area (Å²) in [6, 6.07) is 6.63. The van der Waals surface area contributed by atoms with Gasteiger partial charge in [0.15, 0.2) is 0 Å². The van der Waals surface area contributed by atoms with E-state index in [1.807, 2.05) is 6.92 Å². The molecule has 1 aromatic rings. The van der Waals surface area contributed by atoms with Gasteiger partial charge in [0.25, 0.3) is 0 Å². The van der Waals surface area contributed by atoms with Crippen molar-refractivity contribution in [1.29, 1.82) is 0 Å². The van der Waals surface area contributed by atoms with E-state index >= 15 is 0 Å². The highest BCUT2D eigenvalue weighted by Crippen LogP contribution is 2.61. The predicted octanol–water partition coefficient (Wildman–Crippen LogP) is 2.42. The number of hydrogen-bond donors (Lipinski definition) is 1. The zero-order chi connectivity index (χ0) is 10.5. The summed E-state index contributed by atoms with van der Waals surface area (Å²) in [6.07, 6.45) is 3.77. The Hall–Kier alpha value is -1.02. The predicted molar refractivity (Wildman–Crippen MR) is 59.9 cm³/mol. The first-order valence-electron chi connectivity index (χ1n) is 5.76. The normalized spacial score (nSPS) is 25.3. The average Bonchev–Trinajstić information content (AvgIpc) is 2.95. The molecule has 0 amide bonds. The average molecular weight is 203 g/mol. The van der Waals surface area contributed by atoms with Crippen molar-refractivity contribution in [2.75, 3.05) is 6.61 Å². The van der Waals surface area contributed by atoms with Crippen LogP contribution >= 0.6 is 0 Å². The summed E-state index contributed by atoms with van der Waals surface area (Å²) in [5, 5.41) is 0. The molecule has 80 valence electrons. The highest BCUT2D eigenvalue weighted by atomic mass is 16.5. The second kappa shape index (κ2) is 2.99. The minimum atomic E-state index is 0.243. The Labute approximate surface area is 90.4 Å². The highest BCUT2D eigenvalue weighted by molar-refractivity contribution is 5.44. The maximum Gasteiger partial charge on any atom is 0.119 e. The Kier molecular flexibility index (Phi) is 1.84. The zero-order valence-corrected chi connectivity index (χ0v) is 9.12. The standard InChI is InChI=1S/C13H17NO/c1-2-15-10-4-3-9-8-13(5-6-13)12(14)11(9)7-10/h3-4,7,12H,2,5-6,8,14H2,1H3. The Morgan fingerprint density at radius 1 is 1.47 bits per heavy atom. The van der Waals surface area contributed by atoms with Gasteiger partial charge in [0.2, 0.25) is 0 Å².